The molecular weight excluding hydrogens is 266 g/mol. The number of aromatic nitrogens is 4. The summed E-state index contributed by atoms with van der Waals surface area (Å²) in [6, 6.07) is 15.9. The van der Waals surface area contributed by atoms with Crippen LogP contribution in [0.2, 0.25) is 0 Å². The van der Waals surface area contributed by atoms with Crippen molar-refractivity contribution in [3.63, 3.8) is 0 Å². The fraction of sp³-hybridized carbons (Fsp3) is 0.133. The number of methoxy groups -OCH3 is 1. The fourth-order valence-corrected chi connectivity index (χ4v) is 2.02. The average Bonchev–Trinajstić information content (AvgIpc) is 3.08. The van der Waals surface area contributed by atoms with Crippen LogP contribution in [0.5, 0.6) is 5.75 Å². The van der Waals surface area contributed by atoms with E-state index in [0.29, 0.717) is 0 Å². The van der Waals surface area contributed by atoms with Crippen molar-refractivity contribution in [3.05, 3.63) is 60.4 Å². The van der Waals surface area contributed by atoms with Gasteiger partial charge in [0.05, 0.1) is 12.8 Å². The van der Waals surface area contributed by atoms with E-state index in [0.717, 1.165) is 29.2 Å². The SMILES string of the molecule is COc1cccc(CNc2cccc(-n3cnnn3)c2)c1. The summed E-state index contributed by atoms with van der Waals surface area (Å²) < 4.78 is 6.84. The normalized spacial score (nSPS) is 10.3. The zero-order valence-electron chi connectivity index (χ0n) is 11.6. The predicted octanol–water partition coefficient (Wildman–Crippen LogP) is 2.28. The summed E-state index contributed by atoms with van der Waals surface area (Å²) in [5.74, 6) is 0.858. The van der Waals surface area contributed by atoms with E-state index in [9.17, 15) is 0 Å². The number of hydrogen-bond acceptors (Lipinski definition) is 5. The van der Waals surface area contributed by atoms with E-state index in [4.69, 9.17) is 4.74 Å². The summed E-state index contributed by atoms with van der Waals surface area (Å²) in [4.78, 5) is 0. The molecule has 0 aliphatic rings. The smallest absolute Gasteiger partial charge is 0.143 e. The Hall–Kier alpha value is -2.89. The van der Waals surface area contributed by atoms with Crippen molar-refractivity contribution in [3.8, 4) is 11.4 Å². The Labute approximate surface area is 122 Å². The molecule has 0 aliphatic heterocycles. The summed E-state index contributed by atoms with van der Waals surface area (Å²) in [5, 5.41) is 14.5. The van der Waals surface area contributed by atoms with Gasteiger partial charge in [0.25, 0.3) is 0 Å². The zero-order chi connectivity index (χ0) is 14.5. The largest absolute Gasteiger partial charge is 0.497 e. The molecule has 0 amide bonds. The molecule has 6 heteroatoms. The minimum Gasteiger partial charge on any atom is -0.497 e. The lowest BCUT2D eigenvalue weighted by molar-refractivity contribution is 0.414. The van der Waals surface area contributed by atoms with Crippen LogP contribution in [0.15, 0.2) is 54.9 Å². The van der Waals surface area contributed by atoms with Crippen molar-refractivity contribution >= 4 is 5.69 Å². The summed E-state index contributed by atoms with van der Waals surface area (Å²) in [6.07, 6.45) is 1.57. The van der Waals surface area contributed by atoms with Crippen molar-refractivity contribution in [2.75, 3.05) is 12.4 Å². The monoisotopic (exact) mass is 281 g/mol. The number of tetrazole rings is 1. The third kappa shape index (κ3) is 3.17. The molecule has 0 aliphatic carbocycles. The van der Waals surface area contributed by atoms with Crippen LogP contribution in [-0.4, -0.2) is 27.3 Å². The van der Waals surface area contributed by atoms with E-state index >= 15 is 0 Å². The number of anilines is 1. The molecule has 0 atom stereocenters. The molecule has 6 nitrogen and oxygen atoms in total. The van der Waals surface area contributed by atoms with Gasteiger partial charge in [-0.3, -0.25) is 0 Å². The second kappa shape index (κ2) is 6.04. The van der Waals surface area contributed by atoms with E-state index < -0.39 is 0 Å². The molecule has 106 valence electrons. The third-order valence-corrected chi connectivity index (χ3v) is 3.09. The Morgan fingerprint density at radius 1 is 1.14 bits per heavy atom. The number of nitrogens with zero attached hydrogens (tertiary/aromatic N) is 4. The Kier molecular flexibility index (Phi) is 3.77. The van der Waals surface area contributed by atoms with Crippen LogP contribution < -0.4 is 10.1 Å². The standard InChI is InChI=1S/C15H15N5O/c1-21-15-7-2-4-12(8-15)10-16-13-5-3-6-14(9-13)20-11-17-18-19-20/h2-9,11,16H,10H2,1H3. The van der Waals surface area contributed by atoms with Gasteiger partial charge in [0.15, 0.2) is 0 Å². The molecule has 1 N–H and O–H groups in total. The summed E-state index contributed by atoms with van der Waals surface area (Å²) in [5.41, 5.74) is 3.07. The van der Waals surface area contributed by atoms with Gasteiger partial charge in [-0.05, 0) is 46.3 Å². The maximum Gasteiger partial charge on any atom is 0.143 e. The van der Waals surface area contributed by atoms with Crippen LogP contribution in [0.4, 0.5) is 5.69 Å². The highest BCUT2D eigenvalue weighted by Crippen LogP contribution is 2.16. The van der Waals surface area contributed by atoms with E-state index in [1.54, 1.807) is 18.1 Å². The molecule has 0 spiro atoms. The zero-order valence-corrected chi connectivity index (χ0v) is 11.6. The second-order valence-electron chi connectivity index (χ2n) is 4.51. The van der Waals surface area contributed by atoms with Gasteiger partial charge < -0.3 is 10.1 Å². The Balaban J connectivity index is 1.72. The highest BCUT2D eigenvalue weighted by atomic mass is 16.5. The van der Waals surface area contributed by atoms with Gasteiger partial charge >= 0.3 is 0 Å². The minimum absolute atomic E-state index is 0.719. The van der Waals surface area contributed by atoms with Gasteiger partial charge in [0, 0.05) is 12.2 Å². The number of benzene rings is 2. The quantitative estimate of drug-likeness (QED) is 0.777. The van der Waals surface area contributed by atoms with Gasteiger partial charge in [-0.25, -0.2) is 4.68 Å². The summed E-state index contributed by atoms with van der Waals surface area (Å²) in [6.45, 7) is 0.719. The molecule has 0 fully saturated rings. The first kappa shape index (κ1) is 13.1. The summed E-state index contributed by atoms with van der Waals surface area (Å²) >= 11 is 0. The summed E-state index contributed by atoms with van der Waals surface area (Å²) in [7, 11) is 1.67. The molecule has 2 aromatic carbocycles. The average molecular weight is 281 g/mol. The van der Waals surface area contributed by atoms with Crippen molar-refractivity contribution < 1.29 is 4.74 Å². The first-order chi connectivity index (χ1) is 10.3. The minimum atomic E-state index is 0.719. The Bertz CT molecular complexity index is 712. The Morgan fingerprint density at radius 2 is 2.05 bits per heavy atom. The maximum atomic E-state index is 5.22. The van der Waals surface area contributed by atoms with Crippen molar-refractivity contribution in [2.24, 2.45) is 0 Å². The molecule has 21 heavy (non-hydrogen) atoms. The van der Waals surface area contributed by atoms with Crippen molar-refractivity contribution in [2.45, 2.75) is 6.54 Å². The maximum absolute atomic E-state index is 5.22. The van der Waals surface area contributed by atoms with E-state index in [1.807, 2.05) is 42.5 Å². The first-order valence-electron chi connectivity index (χ1n) is 6.55. The van der Waals surface area contributed by atoms with Crippen LogP contribution in [0.1, 0.15) is 5.56 Å². The van der Waals surface area contributed by atoms with Crippen LogP contribution in [-0.2, 0) is 6.54 Å². The van der Waals surface area contributed by atoms with E-state index in [1.165, 1.54) is 0 Å². The molecule has 3 aromatic rings. The van der Waals surface area contributed by atoms with Gasteiger partial charge in [-0.1, -0.05) is 18.2 Å². The molecule has 0 unspecified atom stereocenters. The number of hydrogen-bond donors (Lipinski definition) is 1. The van der Waals surface area contributed by atoms with Gasteiger partial charge in [0.1, 0.15) is 12.1 Å². The predicted molar refractivity (Wildman–Crippen MR) is 79.5 cm³/mol. The van der Waals surface area contributed by atoms with Gasteiger partial charge in [-0.15, -0.1) is 5.10 Å². The molecule has 0 bridgehead atoms. The number of rotatable bonds is 5. The van der Waals surface area contributed by atoms with Crippen LogP contribution in [0.3, 0.4) is 0 Å². The molecule has 1 heterocycles. The highest BCUT2D eigenvalue weighted by Gasteiger charge is 2.00. The molecule has 0 radical (unpaired) electrons. The second-order valence-corrected chi connectivity index (χ2v) is 4.51. The molecule has 0 saturated carbocycles. The molecule has 1 aromatic heterocycles. The number of nitrogens with one attached hydrogen (secondary N) is 1. The highest BCUT2D eigenvalue weighted by molar-refractivity contribution is 5.51. The van der Waals surface area contributed by atoms with Crippen molar-refractivity contribution in [1.82, 2.24) is 20.2 Å². The Morgan fingerprint density at radius 3 is 2.86 bits per heavy atom. The van der Waals surface area contributed by atoms with E-state index in [-0.39, 0.29) is 0 Å². The lowest BCUT2D eigenvalue weighted by Crippen LogP contribution is -2.01. The lowest BCUT2D eigenvalue weighted by Gasteiger charge is -2.09. The van der Waals surface area contributed by atoms with Crippen LogP contribution >= 0.6 is 0 Å². The lowest BCUT2D eigenvalue weighted by atomic mass is 10.2. The molecular formula is C15H15N5O. The van der Waals surface area contributed by atoms with E-state index in [2.05, 4.69) is 26.9 Å². The third-order valence-electron chi connectivity index (χ3n) is 3.09. The van der Waals surface area contributed by atoms with Crippen LogP contribution in [0, 0.1) is 0 Å². The van der Waals surface area contributed by atoms with Gasteiger partial charge in [-0.2, -0.15) is 0 Å². The van der Waals surface area contributed by atoms with Gasteiger partial charge in [0.2, 0.25) is 0 Å². The van der Waals surface area contributed by atoms with Crippen LogP contribution in [0.25, 0.3) is 5.69 Å². The van der Waals surface area contributed by atoms with Crippen molar-refractivity contribution in [1.29, 1.82) is 0 Å². The first-order valence-corrected chi connectivity index (χ1v) is 6.55. The number of ether oxygens (including phenoxy) is 1. The molecule has 0 saturated heterocycles. The topological polar surface area (TPSA) is 64.9 Å². The molecule has 3 rings (SSSR count). The fourth-order valence-electron chi connectivity index (χ4n) is 2.02.